The number of likely N-dealkylation sites (N-methyl/N-ethyl adjacent to an activating group) is 1. The zero-order valence-corrected chi connectivity index (χ0v) is 13.1. The largest absolute Gasteiger partial charge is 0.370 e. The first-order chi connectivity index (χ1) is 9.74. The Labute approximate surface area is 125 Å². The molecular formula is C17H22N2S. The third-order valence-electron chi connectivity index (χ3n) is 4.27. The van der Waals surface area contributed by atoms with Crippen LogP contribution in [0.25, 0.3) is 0 Å². The molecule has 106 valence electrons. The minimum atomic E-state index is 0.664. The summed E-state index contributed by atoms with van der Waals surface area (Å²) in [7, 11) is 2.26. The normalized spacial score (nSPS) is 18.9. The molecule has 1 atom stereocenters. The Kier molecular flexibility index (Phi) is 4.08. The van der Waals surface area contributed by atoms with Gasteiger partial charge in [-0.3, -0.25) is 4.90 Å². The number of hydrogen-bond donors (Lipinski definition) is 0. The van der Waals surface area contributed by atoms with E-state index in [0.29, 0.717) is 6.04 Å². The molecule has 1 fully saturated rings. The highest BCUT2D eigenvalue weighted by Crippen LogP contribution is 2.24. The van der Waals surface area contributed by atoms with Gasteiger partial charge in [0.05, 0.1) is 0 Å². The lowest BCUT2D eigenvalue weighted by Gasteiger charge is -2.25. The molecule has 3 heteroatoms. The lowest BCUT2D eigenvalue weighted by molar-refractivity contribution is 0.252. The van der Waals surface area contributed by atoms with Gasteiger partial charge in [-0.25, -0.2) is 0 Å². The third kappa shape index (κ3) is 2.89. The van der Waals surface area contributed by atoms with Gasteiger partial charge in [0.25, 0.3) is 0 Å². The van der Waals surface area contributed by atoms with E-state index in [1.54, 1.807) is 0 Å². The molecule has 0 N–H and O–H groups in total. The molecule has 20 heavy (non-hydrogen) atoms. The summed E-state index contributed by atoms with van der Waals surface area (Å²) in [6.45, 7) is 5.61. The van der Waals surface area contributed by atoms with E-state index in [2.05, 4.69) is 65.5 Å². The van der Waals surface area contributed by atoms with Crippen LogP contribution in [0.4, 0.5) is 5.69 Å². The number of anilines is 1. The van der Waals surface area contributed by atoms with Crippen LogP contribution in [0.2, 0.25) is 0 Å². The van der Waals surface area contributed by atoms with Crippen molar-refractivity contribution in [2.45, 2.75) is 25.9 Å². The topological polar surface area (TPSA) is 6.48 Å². The van der Waals surface area contributed by atoms with Gasteiger partial charge in [-0.05, 0) is 49.5 Å². The second kappa shape index (κ2) is 5.98. The maximum Gasteiger partial charge on any atom is 0.0366 e. The van der Waals surface area contributed by atoms with Crippen molar-refractivity contribution in [1.82, 2.24) is 4.90 Å². The highest BCUT2D eigenvalue weighted by atomic mass is 32.1. The van der Waals surface area contributed by atoms with E-state index in [1.807, 2.05) is 11.3 Å². The van der Waals surface area contributed by atoms with E-state index in [1.165, 1.54) is 29.1 Å². The summed E-state index contributed by atoms with van der Waals surface area (Å²) in [4.78, 5) is 6.52. The van der Waals surface area contributed by atoms with Crippen LogP contribution in [0.3, 0.4) is 0 Å². The first-order valence-electron chi connectivity index (χ1n) is 7.27. The van der Waals surface area contributed by atoms with Crippen molar-refractivity contribution in [3.8, 4) is 0 Å². The van der Waals surface area contributed by atoms with Crippen LogP contribution in [-0.4, -0.2) is 31.1 Å². The molecule has 0 amide bonds. The average Bonchev–Trinajstić information content (AvgIpc) is 3.10. The molecule has 3 rings (SSSR count). The summed E-state index contributed by atoms with van der Waals surface area (Å²) in [5.41, 5.74) is 2.79. The Bertz CT molecular complexity index is 549. The summed E-state index contributed by atoms with van der Waals surface area (Å²) in [5, 5.41) is 2.20. The summed E-state index contributed by atoms with van der Waals surface area (Å²) in [5.74, 6) is 0. The minimum absolute atomic E-state index is 0.664. The molecule has 0 saturated carbocycles. The van der Waals surface area contributed by atoms with Crippen molar-refractivity contribution in [1.29, 1.82) is 0 Å². The second-order valence-electron chi connectivity index (χ2n) is 5.67. The summed E-state index contributed by atoms with van der Waals surface area (Å²) < 4.78 is 0. The van der Waals surface area contributed by atoms with Gasteiger partial charge in [-0.2, -0.15) is 0 Å². The van der Waals surface area contributed by atoms with Crippen molar-refractivity contribution in [3.63, 3.8) is 0 Å². The fourth-order valence-electron chi connectivity index (χ4n) is 2.90. The van der Waals surface area contributed by atoms with Crippen LogP contribution in [0.5, 0.6) is 0 Å². The predicted octanol–water partition coefficient (Wildman–Crippen LogP) is 3.77. The first-order valence-corrected chi connectivity index (χ1v) is 8.15. The molecule has 2 aromatic rings. The molecule has 2 heterocycles. The van der Waals surface area contributed by atoms with E-state index in [-0.39, 0.29) is 0 Å². The average molecular weight is 286 g/mol. The zero-order chi connectivity index (χ0) is 13.9. The van der Waals surface area contributed by atoms with Crippen molar-refractivity contribution < 1.29 is 0 Å². The lowest BCUT2D eigenvalue weighted by atomic mass is 10.2. The van der Waals surface area contributed by atoms with Gasteiger partial charge < -0.3 is 4.90 Å². The van der Waals surface area contributed by atoms with Crippen LogP contribution in [-0.2, 0) is 6.54 Å². The SMILES string of the molecule is Cc1ccsc1CN(C)C1CCN(c2ccccc2)C1. The van der Waals surface area contributed by atoms with E-state index in [9.17, 15) is 0 Å². The molecule has 0 radical (unpaired) electrons. The lowest BCUT2D eigenvalue weighted by Crippen LogP contribution is -2.34. The Morgan fingerprint density at radius 3 is 2.75 bits per heavy atom. The van der Waals surface area contributed by atoms with E-state index >= 15 is 0 Å². The number of benzene rings is 1. The van der Waals surface area contributed by atoms with Crippen molar-refractivity contribution in [2.75, 3.05) is 25.0 Å². The fraction of sp³-hybridized carbons (Fsp3) is 0.412. The van der Waals surface area contributed by atoms with Crippen LogP contribution in [0, 0.1) is 6.92 Å². The molecule has 0 spiro atoms. The van der Waals surface area contributed by atoms with E-state index < -0.39 is 0 Å². The summed E-state index contributed by atoms with van der Waals surface area (Å²) in [6, 6.07) is 13.7. The molecule has 1 saturated heterocycles. The van der Waals surface area contributed by atoms with Gasteiger partial charge in [0.15, 0.2) is 0 Å². The van der Waals surface area contributed by atoms with Crippen molar-refractivity contribution >= 4 is 17.0 Å². The van der Waals surface area contributed by atoms with Crippen LogP contribution in [0.15, 0.2) is 41.8 Å². The Morgan fingerprint density at radius 1 is 1.25 bits per heavy atom. The smallest absolute Gasteiger partial charge is 0.0366 e. The van der Waals surface area contributed by atoms with Crippen LogP contribution < -0.4 is 4.90 Å². The zero-order valence-electron chi connectivity index (χ0n) is 12.2. The molecular weight excluding hydrogens is 264 g/mol. The number of para-hydroxylation sites is 1. The number of aryl methyl sites for hydroxylation is 1. The van der Waals surface area contributed by atoms with Gasteiger partial charge in [0.2, 0.25) is 0 Å². The fourth-order valence-corrected chi connectivity index (χ4v) is 3.87. The van der Waals surface area contributed by atoms with Crippen LogP contribution >= 0.6 is 11.3 Å². The maximum atomic E-state index is 2.52. The number of rotatable bonds is 4. The van der Waals surface area contributed by atoms with Crippen molar-refractivity contribution in [2.24, 2.45) is 0 Å². The quantitative estimate of drug-likeness (QED) is 0.844. The molecule has 2 nitrogen and oxygen atoms in total. The van der Waals surface area contributed by atoms with Crippen molar-refractivity contribution in [3.05, 3.63) is 52.2 Å². The maximum absolute atomic E-state index is 2.52. The van der Waals surface area contributed by atoms with Gasteiger partial charge in [0.1, 0.15) is 0 Å². The predicted molar refractivity (Wildman–Crippen MR) is 87.6 cm³/mol. The second-order valence-corrected chi connectivity index (χ2v) is 6.67. The molecule has 0 aliphatic carbocycles. The van der Waals surface area contributed by atoms with E-state index in [0.717, 1.165) is 13.1 Å². The molecule has 1 aromatic carbocycles. The highest BCUT2D eigenvalue weighted by Gasteiger charge is 2.26. The Balaban J connectivity index is 1.61. The van der Waals surface area contributed by atoms with Gasteiger partial charge in [0, 0.05) is 36.2 Å². The summed E-state index contributed by atoms with van der Waals surface area (Å²) in [6.07, 6.45) is 1.26. The first kappa shape index (κ1) is 13.7. The highest BCUT2D eigenvalue weighted by molar-refractivity contribution is 7.10. The number of nitrogens with zero attached hydrogens (tertiary/aromatic N) is 2. The van der Waals surface area contributed by atoms with Crippen LogP contribution in [0.1, 0.15) is 16.9 Å². The summed E-state index contributed by atoms with van der Waals surface area (Å²) >= 11 is 1.88. The Morgan fingerprint density at radius 2 is 2.05 bits per heavy atom. The van der Waals surface area contributed by atoms with Gasteiger partial charge in [-0.15, -0.1) is 11.3 Å². The third-order valence-corrected chi connectivity index (χ3v) is 5.28. The molecule has 0 bridgehead atoms. The van der Waals surface area contributed by atoms with Gasteiger partial charge in [-0.1, -0.05) is 18.2 Å². The molecule has 1 aromatic heterocycles. The van der Waals surface area contributed by atoms with Gasteiger partial charge >= 0.3 is 0 Å². The molecule has 1 unspecified atom stereocenters. The molecule has 1 aliphatic rings. The molecule has 1 aliphatic heterocycles. The standard InChI is InChI=1S/C17H22N2S/c1-14-9-11-20-17(14)13-18(2)16-8-10-19(12-16)15-6-4-3-5-7-15/h3-7,9,11,16H,8,10,12-13H2,1-2H3. The van der Waals surface area contributed by atoms with E-state index in [4.69, 9.17) is 0 Å². The monoisotopic (exact) mass is 286 g/mol. The Hall–Kier alpha value is -1.32. The number of hydrogen-bond acceptors (Lipinski definition) is 3. The minimum Gasteiger partial charge on any atom is -0.370 e. The number of thiophene rings is 1.